The molecule has 1 saturated carbocycles. The Labute approximate surface area is 132 Å². The molecule has 3 rings (SSSR count). The van der Waals surface area contributed by atoms with Crippen LogP contribution in [0.15, 0.2) is 24.3 Å². The van der Waals surface area contributed by atoms with Crippen molar-refractivity contribution in [3.8, 4) is 5.75 Å². The lowest BCUT2D eigenvalue weighted by Gasteiger charge is -2.17. The van der Waals surface area contributed by atoms with Crippen molar-refractivity contribution in [3.63, 3.8) is 0 Å². The molecule has 0 saturated heterocycles. The maximum absolute atomic E-state index is 6.18. The second kappa shape index (κ2) is 6.97. The summed E-state index contributed by atoms with van der Waals surface area (Å²) < 4.78 is 6.18. The van der Waals surface area contributed by atoms with Gasteiger partial charge in [-0.05, 0) is 45.6 Å². The summed E-state index contributed by atoms with van der Waals surface area (Å²) in [7, 11) is 0. The van der Waals surface area contributed by atoms with Crippen molar-refractivity contribution in [1.82, 2.24) is 15.5 Å². The SMILES string of the molecule is Cc1n[nH]c(C)c1CNCc1ccccc1OC1CCCC1. The molecule has 0 radical (unpaired) electrons. The van der Waals surface area contributed by atoms with E-state index in [0.29, 0.717) is 6.10 Å². The molecular weight excluding hydrogens is 274 g/mol. The van der Waals surface area contributed by atoms with Crippen LogP contribution in [0.1, 0.15) is 48.2 Å². The van der Waals surface area contributed by atoms with Crippen LogP contribution in [0.2, 0.25) is 0 Å². The summed E-state index contributed by atoms with van der Waals surface area (Å²) in [5.74, 6) is 1.03. The predicted octanol–water partition coefficient (Wildman–Crippen LogP) is 3.64. The third kappa shape index (κ3) is 3.50. The van der Waals surface area contributed by atoms with E-state index in [1.165, 1.54) is 36.8 Å². The fourth-order valence-corrected chi connectivity index (χ4v) is 3.11. The summed E-state index contributed by atoms with van der Waals surface area (Å²) in [5, 5.41) is 10.8. The van der Waals surface area contributed by atoms with E-state index in [9.17, 15) is 0 Å². The first kappa shape index (κ1) is 15.1. The Kier molecular flexibility index (Phi) is 4.78. The Balaban J connectivity index is 1.60. The van der Waals surface area contributed by atoms with Gasteiger partial charge in [0.25, 0.3) is 0 Å². The van der Waals surface area contributed by atoms with E-state index in [0.717, 1.165) is 30.2 Å². The predicted molar refractivity (Wildman–Crippen MR) is 87.9 cm³/mol. The number of hydrogen-bond donors (Lipinski definition) is 2. The normalized spacial score (nSPS) is 15.4. The van der Waals surface area contributed by atoms with Gasteiger partial charge in [-0.3, -0.25) is 5.10 Å². The van der Waals surface area contributed by atoms with Gasteiger partial charge in [-0.25, -0.2) is 0 Å². The van der Waals surface area contributed by atoms with Crippen LogP contribution in [-0.2, 0) is 13.1 Å². The average Bonchev–Trinajstić information content (AvgIpc) is 3.13. The van der Waals surface area contributed by atoms with Crippen molar-refractivity contribution in [2.24, 2.45) is 0 Å². The monoisotopic (exact) mass is 299 g/mol. The molecule has 118 valence electrons. The van der Waals surface area contributed by atoms with Crippen LogP contribution < -0.4 is 10.1 Å². The fourth-order valence-electron chi connectivity index (χ4n) is 3.11. The number of benzene rings is 1. The molecule has 1 aromatic carbocycles. The number of nitrogens with one attached hydrogen (secondary N) is 2. The van der Waals surface area contributed by atoms with E-state index in [-0.39, 0.29) is 0 Å². The van der Waals surface area contributed by atoms with Gasteiger partial charge in [-0.15, -0.1) is 0 Å². The van der Waals surface area contributed by atoms with E-state index in [2.05, 4.69) is 46.7 Å². The third-order valence-electron chi connectivity index (χ3n) is 4.47. The molecule has 22 heavy (non-hydrogen) atoms. The van der Waals surface area contributed by atoms with Crippen LogP contribution in [0.4, 0.5) is 0 Å². The van der Waals surface area contributed by atoms with Crippen molar-refractivity contribution in [2.75, 3.05) is 0 Å². The highest BCUT2D eigenvalue weighted by Gasteiger charge is 2.17. The molecule has 0 atom stereocenters. The molecular formula is C18H25N3O. The molecule has 0 bridgehead atoms. The second-order valence-corrected chi connectivity index (χ2v) is 6.15. The Morgan fingerprint density at radius 3 is 2.68 bits per heavy atom. The quantitative estimate of drug-likeness (QED) is 0.856. The molecule has 0 spiro atoms. The smallest absolute Gasteiger partial charge is 0.124 e. The third-order valence-corrected chi connectivity index (χ3v) is 4.47. The van der Waals surface area contributed by atoms with Crippen molar-refractivity contribution in [2.45, 2.75) is 58.7 Å². The summed E-state index contributed by atoms with van der Waals surface area (Å²) >= 11 is 0. The highest BCUT2D eigenvalue weighted by Crippen LogP contribution is 2.26. The van der Waals surface area contributed by atoms with Crippen LogP contribution in [0, 0.1) is 13.8 Å². The van der Waals surface area contributed by atoms with E-state index in [4.69, 9.17) is 4.74 Å². The van der Waals surface area contributed by atoms with Gasteiger partial charge in [0.15, 0.2) is 0 Å². The molecule has 1 aromatic heterocycles. The Morgan fingerprint density at radius 1 is 1.18 bits per heavy atom. The number of aryl methyl sites for hydroxylation is 2. The zero-order valence-corrected chi connectivity index (χ0v) is 13.5. The summed E-state index contributed by atoms with van der Waals surface area (Å²) in [4.78, 5) is 0. The maximum atomic E-state index is 6.18. The van der Waals surface area contributed by atoms with E-state index in [1.807, 2.05) is 6.92 Å². The zero-order valence-electron chi connectivity index (χ0n) is 13.5. The average molecular weight is 299 g/mol. The number of hydrogen-bond acceptors (Lipinski definition) is 3. The molecule has 2 aromatic rings. The van der Waals surface area contributed by atoms with E-state index in [1.54, 1.807) is 0 Å². The molecule has 1 fully saturated rings. The molecule has 1 aliphatic carbocycles. The van der Waals surface area contributed by atoms with E-state index < -0.39 is 0 Å². The minimum atomic E-state index is 0.402. The minimum Gasteiger partial charge on any atom is -0.490 e. The molecule has 4 nitrogen and oxygen atoms in total. The van der Waals surface area contributed by atoms with Crippen LogP contribution in [0.25, 0.3) is 0 Å². The van der Waals surface area contributed by atoms with Gasteiger partial charge in [0.05, 0.1) is 11.8 Å². The standard InChI is InChI=1S/C18H25N3O/c1-13-17(14(2)21-20-13)12-19-11-15-7-3-6-10-18(15)22-16-8-4-5-9-16/h3,6-7,10,16,19H,4-5,8-9,11-12H2,1-2H3,(H,20,21). The Hall–Kier alpha value is -1.81. The zero-order chi connectivity index (χ0) is 15.4. The van der Waals surface area contributed by atoms with Gasteiger partial charge in [0.1, 0.15) is 5.75 Å². The first-order valence-electron chi connectivity index (χ1n) is 8.20. The van der Waals surface area contributed by atoms with E-state index >= 15 is 0 Å². The van der Waals surface area contributed by atoms with Gasteiger partial charge in [0, 0.05) is 29.9 Å². The lowest BCUT2D eigenvalue weighted by molar-refractivity contribution is 0.207. The van der Waals surface area contributed by atoms with Crippen LogP contribution in [-0.4, -0.2) is 16.3 Å². The number of aromatic amines is 1. The molecule has 1 aliphatic rings. The van der Waals surface area contributed by atoms with Crippen molar-refractivity contribution < 1.29 is 4.74 Å². The Bertz CT molecular complexity index is 595. The maximum Gasteiger partial charge on any atom is 0.124 e. The molecule has 4 heteroatoms. The minimum absolute atomic E-state index is 0.402. The Morgan fingerprint density at radius 2 is 1.95 bits per heavy atom. The van der Waals surface area contributed by atoms with Crippen molar-refractivity contribution in [1.29, 1.82) is 0 Å². The highest BCUT2D eigenvalue weighted by atomic mass is 16.5. The summed E-state index contributed by atoms with van der Waals surface area (Å²) in [6, 6.07) is 8.36. The lowest BCUT2D eigenvalue weighted by atomic mass is 10.1. The summed E-state index contributed by atoms with van der Waals surface area (Å²) in [6.07, 6.45) is 5.37. The number of ether oxygens (including phenoxy) is 1. The largest absolute Gasteiger partial charge is 0.490 e. The molecule has 1 heterocycles. The van der Waals surface area contributed by atoms with Gasteiger partial charge in [0.2, 0.25) is 0 Å². The first-order valence-corrected chi connectivity index (χ1v) is 8.20. The summed E-state index contributed by atoms with van der Waals surface area (Å²) in [6.45, 7) is 5.74. The van der Waals surface area contributed by atoms with Crippen LogP contribution in [0.3, 0.4) is 0 Å². The number of nitrogens with zero attached hydrogens (tertiary/aromatic N) is 1. The molecule has 0 unspecified atom stereocenters. The topological polar surface area (TPSA) is 49.9 Å². The molecule has 2 N–H and O–H groups in total. The fraction of sp³-hybridized carbons (Fsp3) is 0.500. The van der Waals surface area contributed by atoms with Gasteiger partial charge >= 0.3 is 0 Å². The number of H-pyrrole nitrogens is 1. The van der Waals surface area contributed by atoms with Gasteiger partial charge in [-0.2, -0.15) is 5.10 Å². The number of para-hydroxylation sites is 1. The molecule has 0 amide bonds. The van der Waals surface area contributed by atoms with Gasteiger partial charge < -0.3 is 10.1 Å². The van der Waals surface area contributed by atoms with Crippen LogP contribution >= 0.6 is 0 Å². The lowest BCUT2D eigenvalue weighted by Crippen LogP contribution is -2.17. The van der Waals surface area contributed by atoms with Crippen LogP contribution in [0.5, 0.6) is 5.75 Å². The highest BCUT2D eigenvalue weighted by molar-refractivity contribution is 5.33. The first-order chi connectivity index (χ1) is 10.7. The number of rotatable bonds is 6. The van der Waals surface area contributed by atoms with Gasteiger partial charge in [-0.1, -0.05) is 18.2 Å². The second-order valence-electron chi connectivity index (χ2n) is 6.15. The molecule has 0 aliphatic heterocycles. The van der Waals surface area contributed by atoms with Crippen molar-refractivity contribution in [3.05, 3.63) is 46.8 Å². The number of aromatic nitrogens is 2. The van der Waals surface area contributed by atoms with Crippen molar-refractivity contribution >= 4 is 0 Å². The summed E-state index contributed by atoms with van der Waals surface area (Å²) in [5.41, 5.74) is 4.70.